The highest BCUT2D eigenvalue weighted by Crippen LogP contribution is 2.28. The molecule has 172 valence electrons. The van der Waals surface area contributed by atoms with Crippen molar-refractivity contribution in [1.29, 1.82) is 0 Å². The van der Waals surface area contributed by atoms with Gasteiger partial charge in [-0.15, -0.1) is 0 Å². The fourth-order valence-electron chi connectivity index (χ4n) is 3.14. The first-order valence-electron chi connectivity index (χ1n) is 10.6. The molecule has 3 rings (SSSR count). The lowest BCUT2D eigenvalue weighted by Gasteiger charge is -2.11. The van der Waals surface area contributed by atoms with E-state index in [2.05, 4.69) is 10.5 Å². The fraction of sp³-hybridized carbons (Fsp3) is 0.240. The molecular formula is C25H27N3O5. The van der Waals surface area contributed by atoms with Crippen LogP contribution in [0.1, 0.15) is 35.3 Å². The number of pyridine rings is 1. The quantitative estimate of drug-likeness (QED) is 0.378. The van der Waals surface area contributed by atoms with Gasteiger partial charge in [0.15, 0.2) is 11.5 Å². The number of aromatic nitrogens is 1. The second-order valence-electron chi connectivity index (χ2n) is 6.97. The van der Waals surface area contributed by atoms with Crippen molar-refractivity contribution in [1.82, 2.24) is 9.99 Å². The molecule has 1 N–H and O–H groups in total. The Kier molecular flexibility index (Phi) is 8.24. The summed E-state index contributed by atoms with van der Waals surface area (Å²) in [5, 5.41) is 3.99. The average molecular weight is 450 g/mol. The zero-order valence-corrected chi connectivity index (χ0v) is 18.9. The minimum absolute atomic E-state index is 0.00450. The van der Waals surface area contributed by atoms with Gasteiger partial charge in [0.1, 0.15) is 11.3 Å². The maximum Gasteiger partial charge on any atom is 0.276 e. The van der Waals surface area contributed by atoms with Crippen LogP contribution in [0.15, 0.2) is 70.7 Å². The summed E-state index contributed by atoms with van der Waals surface area (Å²) in [4.78, 5) is 25.3. The first-order valence-corrected chi connectivity index (χ1v) is 10.6. The number of hydrogen-bond acceptors (Lipinski definition) is 6. The van der Waals surface area contributed by atoms with Gasteiger partial charge in [0.25, 0.3) is 11.5 Å². The van der Waals surface area contributed by atoms with E-state index in [-0.39, 0.29) is 5.56 Å². The Bertz CT molecular complexity index is 1170. The monoisotopic (exact) mass is 449 g/mol. The van der Waals surface area contributed by atoms with Crippen LogP contribution in [-0.2, 0) is 6.54 Å². The van der Waals surface area contributed by atoms with E-state index in [1.54, 1.807) is 37.6 Å². The Balaban J connectivity index is 1.70. The lowest BCUT2D eigenvalue weighted by molar-refractivity contribution is 0.0953. The molecule has 8 nitrogen and oxygen atoms in total. The molecule has 0 saturated heterocycles. The van der Waals surface area contributed by atoms with Crippen LogP contribution >= 0.6 is 0 Å². The van der Waals surface area contributed by atoms with E-state index in [4.69, 9.17) is 14.2 Å². The molecule has 0 aliphatic heterocycles. The van der Waals surface area contributed by atoms with Crippen molar-refractivity contribution < 1.29 is 19.0 Å². The highest BCUT2D eigenvalue weighted by molar-refractivity contribution is 5.94. The number of ether oxygens (including phenoxy) is 3. The lowest BCUT2D eigenvalue weighted by Crippen LogP contribution is -2.30. The minimum atomic E-state index is -0.587. The van der Waals surface area contributed by atoms with E-state index >= 15 is 0 Å². The van der Waals surface area contributed by atoms with Gasteiger partial charge in [-0.1, -0.05) is 12.1 Å². The highest BCUT2D eigenvalue weighted by Gasteiger charge is 2.12. The van der Waals surface area contributed by atoms with Crippen LogP contribution in [0.3, 0.4) is 0 Å². The molecule has 0 bridgehead atoms. The highest BCUT2D eigenvalue weighted by atomic mass is 16.5. The largest absolute Gasteiger partial charge is 0.497 e. The maximum absolute atomic E-state index is 12.8. The molecule has 0 atom stereocenters. The van der Waals surface area contributed by atoms with Crippen LogP contribution in [0, 0.1) is 0 Å². The SMILES string of the molecule is CCOc1ccc(/C=N\NC(=O)c2cccn(Cc3ccc(OC)cc3)c2=O)cc1OCC. The van der Waals surface area contributed by atoms with Crippen LogP contribution in [0.5, 0.6) is 17.2 Å². The Morgan fingerprint density at radius 2 is 1.76 bits per heavy atom. The minimum Gasteiger partial charge on any atom is -0.497 e. The zero-order valence-electron chi connectivity index (χ0n) is 18.9. The molecule has 2 aromatic carbocycles. The number of rotatable bonds is 10. The zero-order chi connectivity index (χ0) is 23.6. The van der Waals surface area contributed by atoms with Gasteiger partial charge in [0.2, 0.25) is 0 Å². The summed E-state index contributed by atoms with van der Waals surface area (Å²) in [6.07, 6.45) is 3.12. The van der Waals surface area contributed by atoms with Crippen LogP contribution < -0.4 is 25.2 Å². The van der Waals surface area contributed by atoms with E-state index in [0.717, 1.165) is 11.3 Å². The molecule has 1 aromatic heterocycles. The molecule has 8 heteroatoms. The molecule has 33 heavy (non-hydrogen) atoms. The fourth-order valence-corrected chi connectivity index (χ4v) is 3.14. The Hall–Kier alpha value is -4.07. The molecule has 1 amide bonds. The molecule has 0 aliphatic rings. The Labute approximate surface area is 192 Å². The third kappa shape index (κ3) is 6.22. The van der Waals surface area contributed by atoms with Crippen molar-refractivity contribution in [3.05, 3.63) is 87.8 Å². The molecule has 0 aliphatic carbocycles. The van der Waals surface area contributed by atoms with Gasteiger partial charge >= 0.3 is 0 Å². The second-order valence-corrected chi connectivity index (χ2v) is 6.97. The lowest BCUT2D eigenvalue weighted by atomic mass is 10.2. The van der Waals surface area contributed by atoms with Crippen molar-refractivity contribution in [2.24, 2.45) is 5.10 Å². The third-order valence-electron chi connectivity index (χ3n) is 4.72. The first kappa shape index (κ1) is 23.6. The summed E-state index contributed by atoms with van der Waals surface area (Å²) < 4.78 is 17.8. The van der Waals surface area contributed by atoms with Crippen molar-refractivity contribution >= 4 is 12.1 Å². The third-order valence-corrected chi connectivity index (χ3v) is 4.72. The molecular weight excluding hydrogens is 422 g/mol. The van der Waals surface area contributed by atoms with Crippen molar-refractivity contribution in [3.8, 4) is 17.2 Å². The predicted molar refractivity (Wildman–Crippen MR) is 127 cm³/mol. The summed E-state index contributed by atoms with van der Waals surface area (Å²) >= 11 is 0. The summed E-state index contributed by atoms with van der Waals surface area (Å²) in [5.41, 5.74) is 3.64. The van der Waals surface area contributed by atoms with E-state index in [1.807, 2.05) is 38.1 Å². The maximum atomic E-state index is 12.8. The van der Waals surface area contributed by atoms with Crippen molar-refractivity contribution in [3.63, 3.8) is 0 Å². The Morgan fingerprint density at radius 3 is 2.45 bits per heavy atom. The first-order chi connectivity index (χ1) is 16.0. The number of benzene rings is 2. The number of amides is 1. The average Bonchev–Trinajstić information content (AvgIpc) is 2.82. The van der Waals surface area contributed by atoms with Crippen LogP contribution in [-0.4, -0.2) is 37.0 Å². The van der Waals surface area contributed by atoms with E-state index < -0.39 is 11.5 Å². The normalized spacial score (nSPS) is 10.8. The predicted octanol–water partition coefficient (Wildman–Crippen LogP) is 3.47. The summed E-state index contributed by atoms with van der Waals surface area (Å²) in [6.45, 7) is 5.14. The number of hydrogen-bond donors (Lipinski definition) is 1. The smallest absolute Gasteiger partial charge is 0.276 e. The number of nitrogens with one attached hydrogen (secondary N) is 1. The van der Waals surface area contributed by atoms with E-state index in [1.165, 1.54) is 16.8 Å². The summed E-state index contributed by atoms with van der Waals surface area (Å²) in [5.74, 6) is 1.38. The van der Waals surface area contributed by atoms with Gasteiger partial charge in [-0.3, -0.25) is 9.59 Å². The van der Waals surface area contributed by atoms with Crippen LogP contribution in [0.25, 0.3) is 0 Å². The van der Waals surface area contributed by atoms with Crippen LogP contribution in [0.4, 0.5) is 0 Å². The molecule has 0 fully saturated rings. The molecule has 1 heterocycles. The van der Waals surface area contributed by atoms with Gasteiger partial charge < -0.3 is 18.8 Å². The van der Waals surface area contributed by atoms with Gasteiger partial charge in [-0.25, -0.2) is 5.43 Å². The number of nitrogens with zero attached hydrogens (tertiary/aromatic N) is 2. The van der Waals surface area contributed by atoms with E-state index in [9.17, 15) is 9.59 Å². The molecule has 0 unspecified atom stereocenters. The molecule has 0 saturated carbocycles. The van der Waals surface area contributed by atoms with Crippen molar-refractivity contribution in [2.75, 3.05) is 20.3 Å². The van der Waals surface area contributed by atoms with Crippen molar-refractivity contribution in [2.45, 2.75) is 20.4 Å². The van der Waals surface area contributed by atoms with Gasteiger partial charge in [-0.05, 0) is 67.4 Å². The topological polar surface area (TPSA) is 91.1 Å². The van der Waals surface area contributed by atoms with E-state index in [0.29, 0.717) is 36.8 Å². The standard InChI is InChI=1S/C25H27N3O5/c1-4-32-22-13-10-19(15-23(22)33-5-2)16-26-27-24(29)21-7-6-14-28(25(21)30)17-18-8-11-20(31-3)12-9-18/h6-16H,4-5,17H2,1-3H3,(H,27,29)/b26-16-. The second kappa shape index (κ2) is 11.5. The number of carbonyl (C=O) groups is 1. The van der Waals surface area contributed by atoms with Gasteiger partial charge in [-0.2, -0.15) is 5.10 Å². The van der Waals surface area contributed by atoms with Gasteiger partial charge in [0.05, 0.1) is 33.1 Å². The number of hydrazone groups is 1. The summed E-state index contributed by atoms with van der Waals surface area (Å²) in [6, 6.07) is 15.9. The Morgan fingerprint density at radius 1 is 1.03 bits per heavy atom. The molecule has 3 aromatic rings. The van der Waals surface area contributed by atoms with Crippen LogP contribution in [0.2, 0.25) is 0 Å². The number of carbonyl (C=O) groups excluding carboxylic acids is 1. The summed E-state index contributed by atoms with van der Waals surface area (Å²) in [7, 11) is 1.60. The molecule has 0 radical (unpaired) electrons. The van der Waals surface area contributed by atoms with Gasteiger partial charge in [0, 0.05) is 6.20 Å². The number of methoxy groups -OCH3 is 1. The molecule has 0 spiro atoms.